The maximum absolute atomic E-state index is 12.7. The minimum Gasteiger partial charge on any atom is -0.505 e. The van der Waals surface area contributed by atoms with E-state index in [1.165, 1.54) is 6.20 Å². The summed E-state index contributed by atoms with van der Waals surface area (Å²) in [7, 11) is 0. The average Bonchev–Trinajstić information content (AvgIpc) is 3.16. The number of hydrogen-bond acceptors (Lipinski definition) is 8. The van der Waals surface area contributed by atoms with Crippen LogP contribution in [0.2, 0.25) is 15.1 Å². The molecule has 0 saturated carbocycles. The SMILES string of the molecule is Oc1c(N=Nc2ncc(C(F)(F)F)cc2Cl)c2ccccc2c2ccccc12.Oc1c(N=Nc2ncc(Cl)cc2Cl)c2ccccc2c2ccccc12.[Zn]. The van der Waals surface area contributed by atoms with Crippen LogP contribution in [0.1, 0.15) is 5.56 Å². The molecule has 8 nitrogen and oxygen atoms in total. The molecular weight excluding hydrogens is 813 g/mol. The van der Waals surface area contributed by atoms with Crippen LogP contribution in [-0.2, 0) is 25.7 Å². The molecule has 6 aromatic carbocycles. The fraction of sp³-hybridized carbons (Fsp3) is 0.0256. The van der Waals surface area contributed by atoms with E-state index in [9.17, 15) is 23.4 Å². The first-order valence-electron chi connectivity index (χ1n) is 15.6. The molecule has 0 aliphatic heterocycles. The third-order valence-electron chi connectivity index (χ3n) is 8.18. The first-order chi connectivity index (χ1) is 25.5. The molecule has 0 bridgehead atoms. The molecule has 8 rings (SSSR count). The molecule has 2 aromatic heterocycles. The maximum Gasteiger partial charge on any atom is 0.417 e. The van der Waals surface area contributed by atoms with Crippen LogP contribution < -0.4 is 0 Å². The van der Waals surface area contributed by atoms with Gasteiger partial charge in [-0.3, -0.25) is 0 Å². The zero-order chi connectivity index (χ0) is 37.3. The molecule has 0 saturated heterocycles. The van der Waals surface area contributed by atoms with Crippen LogP contribution in [0.5, 0.6) is 11.5 Å². The van der Waals surface area contributed by atoms with Crippen molar-refractivity contribution in [3.63, 3.8) is 0 Å². The molecule has 0 aliphatic rings. The first-order valence-corrected chi connectivity index (χ1v) is 16.8. The van der Waals surface area contributed by atoms with Crippen molar-refractivity contribution >= 4 is 101 Å². The van der Waals surface area contributed by atoms with E-state index in [1.54, 1.807) is 30.3 Å². The summed E-state index contributed by atoms with van der Waals surface area (Å²) < 4.78 is 38.2. The number of azo groups is 2. The summed E-state index contributed by atoms with van der Waals surface area (Å²) in [5.41, 5.74) is -0.412. The third-order valence-corrected chi connectivity index (χ3v) is 8.95. The van der Waals surface area contributed by atoms with E-state index >= 15 is 0 Å². The van der Waals surface area contributed by atoms with Crippen molar-refractivity contribution in [2.75, 3.05) is 0 Å². The molecule has 0 radical (unpaired) electrons. The molecule has 0 amide bonds. The molecule has 0 unspecified atom stereocenters. The van der Waals surface area contributed by atoms with E-state index in [1.807, 2.05) is 72.8 Å². The predicted octanol–water partition coefficient (Wildman–Crippen LogP) is 14.0. The molecular formula is C39H22Cl3F3N6O2Zn. The molecule has 0 spiro atoms. The van der Waals surface area contributed by atoms with Gasteiger partial charge in [-0.05, 0) is 33.7 Å². The second-order valence-electron chi connectivity index (χ2n) is 11.5. The Morgan fingerprint density at radius 2 is 0.833 bits per heavy atom. The Kier molecular flexibility index (Phi) is 11.4. The van der Waals surface area contributed by atoms with Crippen LogP contribution in [0.4, 0.5) is 36.2 Å². The standard InChI is InChI=1S/C20H11ClF3N3O.C19H11Cl2N3O.Zn/c21-16-9-11(20(22,23)24)10-25-19(16)27-26-17-14-7-3-1-5-12(14)13-6-2-4-8-15(13)18(17)28;20-11-9-16(21)19(22-10-11)24-23-17-14-7-3-1-5-12(14)13-6-2-4-8-15(13)18(17)25;/h1-10,28H;1-10,25H;. The van der Waals surface area contributed by atoms with E-state index in [0.29, 0.717) is 38.1 Å². The summed E-state index contributed by atoms with van der Waals surface area (Å²) in [5, 5.41) is 44.5. The Hall–Kier alpha value is -5.26. The van der Waals surface area contributed by atoms with Gasteiger partial charge in [0.1, 0.15) is 11.4 Å². The average molecular weight is 835 g/mol. The molecule has 0 atom stereocenters. The van der Waals surface area contributed by atoms with Crippen molar-refractivity contribution in [3.8, 4) is 11.5 Å². The number of hydrogen-bond donors (Lipinski definition) is 2. The molecule has 2 heterocycles. The molecule has 0 fully saturated rings. The van der Waals surface area contributed by atoms with Crippen molar-refractivity contribution in [1.82, 2.24) is 9.97 Å². The fourth-order valence-corrected chi connectivity index (χ4v) is 6.37. The van der Waals surface area contributed by atoms with E-state index in [-0.39, 0.29) is 53.3 Å². The molecule has 264 valence electrons. The van der Waals surface area contributed by atoms with Gasteiger partial charge in [-0.1, -0.05) is 132 Å². The van der Waals surface area contributed by atoms with Gasteiger partial charge in [-0.2, -0.15) is 13.2 Å². The number of rotatable bonds is 4. The Morgan fingerprint density at radius 1 is 0.481 bits per heavy atom. The summed E-state index contributed by atoms with van der Waals surface area (Å²) in [6, 6.07) is 32.2. The van der Waals surface area contributed by atoms with E-state index < -0.39 is 11.7 Å². The van der Waals surface area contributed by atoms with Gasteiger partial charge >= 0.3 is 6.18 Å². The van der Waals surface area contributed by atoms with Gasteiger partial charge in [0.2, 0.25) is 0 Å². The van der Waals surface area contributed by atoms with Gasteiger partial charge < -0.3 is 10.2 Å². The van der Waals surface area contributed by atoms with Gasteiger partial charge in [0.25, 0.3) is 0 Å². The third kappa shape index (κ3) is 7.69. The number of halogens is 6. The molecule has 8 aromatic rings. The molecule has 2 N–H and O–H groups in total. The van der Waals surface area contributed by atoms with Crippen LogP contribution in [0, 0.1) is 0 Å². The number of aromatic hydroxyl groups is 2. The minimum absolute atomic E-state index is 0. The zero-order valence-corrected chi connectivity index (χ0v) is 32.8. The van der Waals surface area contributed by atoms with Crippen LogP contribution >= 0.6 is 34.8 Å². The second-order valence-corrected chi connectivity index (χ2v) is 12.7. The van der Waals surface area contributed by atoms with Crippen molar-refractivity contribution in [1.29, 1.82) is 0 Å². The summed E-state index contributed by atoms with van der Waals surface area (Å²) in [4.78, 5) is 7.70. The van der Waals surface area contributed by atoms with Gasteiger partial charge in [0, 0.05) is 53.4 Å². The number of benzene rings is 6. The Labute approximate surface area is 332 Å². The normalized spacial score (nSPS) is 11.7. The maximum atomic E-state index is 12.7. The van der Waals surface area contributed by atoms with Crippen molar-refractivity contribution in [2.24, 2.45) is 20.5 Å². The van der Waals surface area contributed by atoms with Crippen molar-refractivity contribution < 1.29 is 42.9 Å². The van der Waals surface area contributed by atoms with E-state index in [4.69, 9.17) is 34.8 Å². The number of phenols is 2. The summed E-state index contributed by atoms with van der Waals surface area (Å²) in [6.45, 7) is 0. The summed E-state index contributed by atoms with van der Waals surface area (Å²) in [5.74, 6) is 0.0539. The number of phenolic OH excluding ortho intramolecular Hbond substituents is 2. The minimum atomic E-state index is -4.56. The predicted molar refractivity (Wildman–Crippen MR) is 203 cm³/mol. The van der Waals surface area contributed by atoms with Crippen LogP contribution in [0.3, 0.4) is 0 Å². The Morgan fingerprint density at radius 3 is 1.22 bits per heavy atom. The zero-order valence-electron chi connectivity index (χ0n) is 27.6. The van der Waals surface area contributed by atoms with Gasteiger partial charge in [0.05, 0.1) is 20.6 Å². The quantitative estimate of drug-likeness (QED) is 0.104. The van der Waals surface area contributed by atoms with Gasteiger partial charge in [0.15, 0.2) is 23.1 Å². The van der Waals surface area contributed by atoms with Crippen molar-refractivity contribution in [3.05, 3.63) is 142 Å². The van der Waals surface area contributed by atoms with Crippen LogP contribution in [0.25, 0.3) is 43.1 Å². The molecule has 54 heavy (non-hydrogen) atoms. The van der Waals surface area contributed by atoms with Crippen LogP contribution in [-0.4, -0.2) is 20.2 Å². The van der Waals surface area contributed by atoms with E-state index in [0.717, 1.165) is 33.0 Å². The number of alkyl halides is 3. The fourth-order valence-electron chi connectivity index (χ4n) is 5.75. The van der Waals surface area contributed by atoms with Crippen LogP contribution in [0.15, 0.2) is 142 Å². The summed E-state index contributed by atoms with van der Waals surface area (Å²) >= 11 is 17.8. The molecule has 15 heteroatoms. The molecule has 0 aliphatic carbocycles. The van der Waals surface area contributed by atoms with Crippen molar-refractivity contribution in [2.45, 2.75) is 6.18 Å². The largest absolute Gasteiger partial charge is 0.505 e. The monoisotopic (exact) mass is 832 g/mol. The number of pyridine rings is 2. The topological polar surface area (TPSA) is 116 Å². The number of nitrogens with zero attached hydrogens (tertiary/aromatic N) is 6. The Bertz CT molecular complexity index is 2770. The number of fused-ring (bicyclic) bond motifs is 6. The Balaban J connectivity index is 0.000000182. The smallest absolute Gasteiger partial charge is 0.417 e. The number of aromatic nitrogens is 2. The van der Waals surface area contributed by atoms with Gasteiger partial charge in [-0.25, -0.2) is 9.97 Å². The first kappa shape index (κ1) is 38.5. The summed E-state index contributed by atoms with van der Waals surface area (Å²) in [6.07, 6.45) is -2.47. The second kappa shape index (κ2) is 16.0. The van der Waals surface area contributed by atoms with Gasteiger partial charge in [-0.15, -0.1) is 20.5 Å². The van der Waals surface area contributed by atoms with E-state index in [2.05, 4.69) is 30.4 Å².